The predicted molar refractivity (Wildman–Crippen MR) is 133 cm³/mol. The van der Waals surface area contributed by atoms with Crippen molar-refractivity contribution in [3.8, 4) is 16.9 Å². The highest BCUT2D eigenvalue weighted by Crippen LogP contribution is 2.47. The van der Waals surface area contributed by atoms with Gasteiger partial charge in [0.05, 0.1) is 5.60 Å². The average molecular weight is 452 g/mol. The Morgan fingerprint density at radius 2 is 1.88 bits per heavy atom. The highest BCUT2D eigenvalue weighted by Gasteiger charge is 2.43. The van der Waals surface area contributed by atoms with E-state index in [0.29, 0.717) is 11.2 Å². The number of para-hydroxylation sites is 1. The quantitative estimate of drug-likeness (QED) is 0.433. The van der Waals surface area contributed by atoms with Crippen molar-refractivity contribution in [2.24, 2.45) is 0 Å². The van der Waals surface area contributed by atoms with Gasteiger partial charge in [-0.05, 0) is 49.4 Å². The van der Waals surface area contributed by atoms with E-state index in [0.717, 1.165) is 46.5 Å². The van der Waals surface area contributed by atoms with E-state index in [4.69, 9.17) is 15.5 Å². The minimum atomic E-state index is -0.124. The Morgan fingerprint density at radius 1 is 1.09 bits per heavy atom. The van der Waals surface area contributed by atoms with Gasteiger partial charge in [-0.3, -0.25) is 13.8 Å². The molecule has 0 saturated heterocycles. The van der Waals surface area contributed by atoms with Crippen LogP contribution in [0.1, 0.15) is 31.5 Å². The number of methoxy groups -OCH3 is 1. The number of ether oxygens (including phenoxy) is 1. The van der Waals surface area contributed by atoms with Crippen LogP contribution in [-0.2, 0) is 4.74 Å². The van der Waals surface area contributed by atoms with Gasteiger partial charge in [-0.2, -0.15) is 0 Å². The number of rotatable bonds is 4. The molecule has 1 aliphatic rings. The van der Waals surface area contributed by atoms with E-state index in [1.165, 1.54) is 0 Å². The van der Waals surface area contributed by atoms with Crippen LogP contribution in [0.15, 0.2) is 78.0 Å². The van der Waals surface area contributed by atoms with Crippen molar-refractivity contribution in [1.29, 1.82) is 0 Å². The SMILES string of the molecule is COC1(C)CC(c2nc(-c3ccc4ccn(-c5ccccc5)c(=O)c4c3)c3c(N)nccn23)C1. The second-order valence-corrected chi connectivity index (χ2v) is 9.24. The third kappa shape index (κ3) is 3.12. The number of nitrogens with two attached hydrogens (primary N) is 1. The molecule has 3 aromatic heterocycles. The second-order valence-electron chi connectivity index (χ2n) is 9.24. The van der Waals surface area contributed by atoms with E-state index < -0.39 is 0 Å². The number of benzene rings is 2. The first kappa shape index (κ1) is 20.6. The fourth-order valence-electron chi connectivity index (χ4n) is 5.09. The highest BCUT2D eigenvalue weighted by molar-refractivity contribution is 5.91. The average Bonchev–Trinajstić information content (AvgIpc) is 3.23. The zero-order valence-electron chi connectivity index (χ0n) is 19.1. The Morgan fingerprint density at radius 3 is 2.65 bits per heavy atom. The lowest BCUT2D eigenvalue weighted by Gasteiger charge is -2.43. The van der Waals surface area contributed by atoms with Crippen molar-refractivity contribution in [1.82, 2.24) is 18.9 Å². The molecule has 1 fully saturated rings. The predicted octanol–water partition coefficient (Wildman–Crippen LogP) is 4.57. The minimum Gasteiger partial charge on any atom is -0.382 e. The van der Waals surface area contributed by atoms with Crippen LogP contribution in [-0.4, -0.2) is 31.6 Å². The molecule has 0 aliphatic heterocycles. The first-order chi connectivity index (χ1) is 16.5. The molecule has 0 radical (unpaired) electrons. The molecule has 3 heterocycles. The summed E-state index contributed by atoms with van der Waals surface area (Å²) in [7, 11) is 1.75. The number of nitrogens with zero attached hydrogens (tertiary/aromatic N) is 4. The number of nitrogen functional groups attached to an aromatic ring is 1. The fourth-order valence-corrected chi connectivity index (χ4v) is 5.09. The van der Waals surface area contributed by atoms with Crippen LogP contribution in [0.4, 0.5) is 5.82 Å². The molecule has 5 aromatic rings. The molecule has 2 aromatic carbocycles. The zero-order chi connectivity index (χ0) is 23.4. The van der Waals surface area contributed by atoms with Gasteiger partial charge in [-0.25, -0.2) is 9.97 Å². The molecule has 0 amide bonds. The molecule has 7 heteroatoms. The summed E-state index contributed by atoms with van der Waals surface area (Å²) in [4.78, 5) is 22.8. The largest absolute Gasteiger partial charge is 0.382 e. The van der Waals surface area contributed by atoms with E-state index in [1.807, 2.05) is 71.4 Å². The van der Waals surface area contributed by atoms with E-state index in [1.54, 1.807) is 17.9 Å². The lowest BCUT2D eigenvalue weighted by Crippen LogP contribution is -2.41. The van der Waals surface area contributed by atoms with Gasteiger partial charge in [0.2, 0.25) is 0 Å². The zero-order valence-corrected chi connectivity index (χ0v) is 19.1. The molecule has 34 heavy (non-hydrogen) atoms. The van der Waals surface area contributed by atoms with Crippen LogP contribution in [0, 0.1) is 0 Å². The molecular formula is C27H25N5O2. The number of fused-ring (bicyclic) bond motifs is 2. The molecule has 1 saturated carbocycles. The van der Waals surface area contributed by atoms with Crippen LogP contribution in [0.3, 0.4) is 0 Å². The van der Waals surface area contributed by atoms with Crippen molar-refractivity contribution in [2.45, 2.75) is 31.3 Å². The Bertz CT molecular complexity index is 1600. The normalized spacial score (nSPS) is 20.0. The summed E-state index contributed by atoms with van der Waals surface area (Å²) in [5, 5.41) is 1.51. The van der Waals surface area contributed by atoms with Gasteiger partial charge in [0.1, 0.15) is 22.9 Å². The van der Waals surface area contributed by atoms with Gasteiger partial charge in [-0.1, -0.05) is 30.3 Å². The summed E-state index contributed by atoms with van der Waals surface area (Å²) < 4.78 is 9.35. The monoisotopic (exact) mass is 451 g/mol. The van der Waals surface area contributed by atoms with Gasteiger partial charge in [0.15, 0.2) is 0 Å². The number of pyridine rings is 1. The molecule has 0 unspecified atom stereocenters. The van der Waals surface area contributed by atoms with Crippen molar-refractivity contribution in [2.75, 3.05) is 12.8 Å². The standard InChI is InChI=1S/C27H25N5O2/c1-27(34-2)15-19(16-27)25-30-22(23-24(28)29-11-13-32(23)25)18-9-8-17-10-12-31(26(33)21(17)14-18)20-6-4-3-5-7-20/h3-14,19H,15-16H2,1-2H3,(H2,28,29). The first-order valence-electron chi connectivity index (χ1n) is 11.4. The number of hydrogen-bond donors (Lipinski definition) is 1. The number of aromatic nitrogens is 4. The molecule has 0 bridgehead atoms. The van der Waals surface area contributed by atoms with Gasteiger partial charge in [0, 0.05) is 48.3 Å². The van der Waals surface area contributed by atoms with Crippen molar-refractivity contribution >= 4 is 22.1 Å². The third-order valence-corrected chi connectivity index (χ3v) is 7.04. The topological polar surface area (TPSA) is 87.4 Å². The summed E-state index contributed by atoms with van der Waals surface area (Å²) in [6, 6.07) is 17.5. The van der Waals surface area contributed by atoms with Gasteiger partial charge in [-0.15, -0.1) is 0 Å². The Balaban J connectivity index is 1.52. The third-order valence-electron chi connectivity index (χ3n) is 7.04. The molecule has 0 spiro atoms. The van der Waals surface area contributed by atoms with Crippen LogP contribution in [0.25, 0.3) is 33.2 Å². The molecule has 6 rings (SSSR count). The second kappa shape index (κ2) is 7.53. The molecular weight excluding hydrogens is 426 g/mol. The number of hydrogen-bond acceptors (Lipinski definition) is 5. The molecule has 7 nitrogen and oxygen atoms in total. The molecule has 1 aliphatic carbocycles. The van der Waals surface area contributed by atoms with E-state index in [9.17, 15) is 4.79 Å². The summed E-state index contributed by atoms with van der Waals surface area (Å²) in [5.74, 6) is 1.63. The molecule has 2 N–H and O–H groups in total. The summed E-state index contributed by atoms with van der Waals surface area (Å²) in [5.41, 5.74) is 9.30. The van der Waals surface area contributed by atoms with E-state index in [2.05, 4.69) is 11.9 Å². The fraction of sp³-hybridized carbons (Fsp3) is 0.222. The molecule has 0 atom stereocenters. The van der Waals surface area contributed by atoms with Crippen LogP contribution in [0.5, 0.6) is 0 Å². The van der Waals surface area contributed by atoms with Crippen LogP contribution in [0.2, 0.25) is 0 Å². The maximum Gasteiger partial charge on any atom is 0.262 e. The minimum absolute atomic E-state index is 0.0739. The lowest BCUT2D eigenvalue weighted by atomic mass is 9.71. The van der Waals surface area contributed by atoms with Gasteiger partial charge >= 0.3 is 0 Å². The Labute approximate surface area is 196 Å². The van der Waals surface area contributed by atoms with Crippen LogP contribution < -0.4 is 11.3 Å². The van der Waals surface area contributed by atoms with Gasteiger partial charge < -0.3 is 10.5 Å². The Hall–Kier alpha value is -3.97. The maximum atomic E-state index is 13.4. The first-order valence-corrected chi connectivity index (χ1v) is 11.4. The Kier molecular flexibility index (Phi) is 4.57. The van der Waals surface area contributed by atoms with Crippen molar-refractivity contribution in [3.05, 3.63) is 89.4 Å². The highest BCUT2D eigenvalue weighted by atomic mass is 16.5. The number of imidazole rings is 1. The van der Waals surface area contributed by atoms with E-state index in [-0.39, 0.29) is 17.1 Å². The van der Waals surface area contributed by atoms with Crippen molar-refractivity contribution in [3.63, 3.8) is 0 Å². The van der Waals surface area contributed by atoms with Crippen molar-refractivity contribution < 1.29 is 4.74 Å². The molecule has 170 valence electrons. The smallest absolute Gasteiger partial charge is 0.262 e. The van der Waals surface area contributed by atoms with Gasteiger partial charge in [0.25, 0.3) is 5.56 Å². The summed E-state index contributed by atoms with van der Waals surface area (Å²) >= 11 is 0. The summed E-state index contributed by atoms with van der Waals surface area (Å²) in [6.45, 7) is 2.12. The van der Waals surface area contributed by atoms with Crippen LogP contribution >= 0.6 is 0 Å². The lowest BCUT2D eigenvalue weighted by molar-refractivity contribution is -0.0708. The summed E-state index contributed by atoms with van der Waals surface area (Å²) in [6.07, 6.45) is 7.20. The van der Waals surface area contributed by atoms with E-state index >= 15 is 0 Å². The maximum absolute atomic E-state index is 13.4. The number of anilines is 1.